The number of ether oxygens (including phenoxy) is 3. The second-order valence-corrected chi connectivity index (χ2v) is 10.6. The number of fused-ring (bicyclic) bond motifs is 1. The van der Waals surface area contributed by atoms with Crippen molar-refractivity contribution in [2.75, 3.05) is 51.1 Å². The predicted octanol–water partition coefficient (Wildman–Crippen LogP) is 5.36. The number of anilines is 2. The molecule has 2 N–H and O–H groups in total. The number of nitrogens with one attached hydrogen (secondary N) is 2. The van der Waals surface area contributed by atoms with Gasteiger partial charge in [0.05, 0.1) is 43.7 Å². The minimum Gasteiger partial charge on any atom is -0.486 e. The number of benzene rings is 3. The summed E-state index contributed by atoms with van der Waals surface area (Å²) in [6.45, 7) is 2.31. The Morgan fingerprint density at radius 3 is 2.77 bits per heavy atom. The second-order valence-electron chi connectivity index (χ2n) is 10.6. The average Bonchev–Trinajstić information content (AvgIpc) is 3.51. The van der Waals surface area contributed by atoms with Crippen LogP contribution in [0.1, 0.15) is 23.6 Å². The lowest BCUT2D eigenvalue weighted by molar-refractivity contribution is -0.111. The molecule has 0 unspecified atom stereocenters. The van der Waals surface area contributed by atoms with Crippen molar-refractivity contribution in [2.45, 2.75) is 25.2 Å². The SMILES string of the molecule is CN(C)CC=CC(=O)Nc1cc2c(N[C@H](COCc3cccc(F)c3)c3ccccc3)ncnc2cc1O[C@@H]1CCOC1. The summed E-state index contributed by atoms with van der Waals surface area (Å²) in [5, 5.41) is 7.19. The lowest BCUT2D eigenvalue weighted by Gasteiger charge is -2.22. The zero-order valence-electron chi connectivity index (χ0n) is 24.3. The van der Waals surface area contributed by atoms with Gasteiger partial charge < -0.3 is 29.7 Å². The van der Waals surface area contributed by atoms with Gasteiger partial charge in [-0.15, -0.1) is 0 Å². The molecule has 4 aromatic rings. The van der Waals surface area contributed by atoms with Gasteiger partial charge in [0.2, 0.25) is 5.91 Å². The molecule has 1 aromatic heterocycles. The Balaban J connectivity index is 1.42. The van der Waals surface area contributed by atoms with Crippen LogP contribution in [0.25, 0.3) is 10.9 Å². The van der Waals surface area contributed by atoms with Crippen molar-refractivity contribution in [1.82, 2.24) is 14.9 Å². The van der Waals surface area contributed by atoms with Gasteiger partial charge in [-0.2, -0.15) is 0 Å². The minimum atomic E-state index is -0.300. The number of hydrogen-bond donors (Lipinski definition) is 2. The Hall–Kier alpha value is -4.38. The highest BCUT2D eigenvalue weighted by Crippen LogP contribution is 2.35. The molecule has 1 amide bonds. The van der Waals surface area contributed by atoms with Gasteiger partial charge in [0.15, 0.2) is 0 Å². The number of nitrogens with zero attached hydrogens (tertiary/aromatic N) is 3. The highest BCUT2D eigenvalue weighted by Gasteiger charge is 2.21. The van der Waals surface area contributed by atoms with Crippen LogP contribution in [0.3, 0.4) is 0 Å². The molecule has 1 fully saturated rings. The molecule has 0 bridgehead atoms. The van der Waals surface area contributed by atoms with Crippen LogP contribution in [-0.4, -0.2) is 67.3 Å². The summed E-state index contributed by atoms with van der Waals surface area (Å²) >= 11 is 0. The molecule has 2 atom stereocenters. The Morgan fingerprint density at radius 1 is 1.14 bits per heavy atom. The highest BCUT2D eigenvalue weighted by molar-refractivity contribution is 6.03. The standard InChI is InChI=1S/C33H36FN5O4/c1-39(2)14-7-12-32(40)37-29-17-27-28(18-31(29)43-26-13-15-41-20-26)35-22-36-33(27)38-30(24-9-4-3-5-10-24)21-42-19-23-8-6-11-25(34)16-23/h3-12,16-18,22,26,30H,13-15,19-21H2,1-2H3,(H,37,40)(H,35,36,38)/t26-,30-/m1/s1. The molecule has 1 aliphatic rings. The fourth-order valence-corrected chi connectivity index (χ4v) is 4.72. The molecule has 0 spiro atoms. The monoisotopic (exact) mass is 585 g/mol. The van der Waals surface area contributed by atoms with Crippen molar-refractivity contribution in [3.05, 3.63) is 102 Å². The maximum Gasteiger partial charge on any atom is 0.248 e. The number of amides is 1. The van der Waals surface area contributed by atoms with E-state index in [4.69, 9.17) is 14.2 Å². The second kappa shape index (κ2) is 14.7. The lowest BCUT2D eigenvalue weighted by atomic mass is 10.1. The largest absolute Gasteiger partial charge is 0.486 e. The first kappa shape index (κ1) is 30.1. The number of aromatic nitrogens is 2. The van der Waals surface area contributed by atoms with Gasteiger partial charge >= 0.3 is 0 Å². The van der Waals surface area contributed by atoms with E-state index in [2.05, 4.69) is 20.6 Å². The van der Waals surface area contributed by atoms with Crippen molar-refractivity contribution in [2.24, 2.45) is 0 Å². The molecule has 0 aliphatic carbocycles. The minimum absolute atomic E-state index is 0.116. The van der Waals surface area contributed by atoms with E-state index in [9.17, 15) is 9.18 Å². The molecule has 10 heteroatoms. The van der Waals surface area contributed by atoms with Crippen molar-refractivity contribution >= 4 is 28.3 Å². The molecule has 224 valence electrons. The van der Waals surface area contributed by atoms with E-state index in [1.54, 1.807) is 12.1 Å². The fraction of sp³-hybridized carbons (Fsp3) is 0.303. The fourth-order valence-electron chi connectivity index (χ4n) is 4.72. The summed E-state index contributed by atoms with van der Waals surface area (Å²) in [5.41, 5.74) is 2.91. The molecular weight excluding hydrogens is 549 g/mol. The third-order valence-corrected chi connectivity index (χ3v) is 6.87. The number of rotatable bonds is 13. The molecule has 5 rings (SSSR count). The summed E-state index contributed by atoms with van der Waals surface area (Å²) in [5.74, 6) is 0.516. The lowest BCUT2D eigenvalue weighted by Crippen LogP contribution is -2.19. The third kappa shape index (κ3) is 8.57. The maximum atomic E-state index is 13.7. The first-order valence-electron chi connectivity index (χ1n) is 14.2. The van der Waals surface area contributed by atoms with Gasteiger partial charge in [0, 0.05) is 30.5 Å². The van der Waals surface area contributed by atoms with E-state index in [0.717, 1.165) is 17.5 Å². The summed E-state index contributed by atoms with van der Waals surface area (Å²) < 4.78 is 31.4. The van der Waals surface area contributed by atoms with E-state index >= 15 is 0 Å². The normalized spacial score (nSPS) is 15.7. The van der Waals surface area contributed by atoms with Gasteiger partial charge in [0.1, 0.15) is 29.8 Å². The zero-order valence-corrected chi connectivity index (χ0v) is 24.3. The van der Waals surface area contributed by atoms with Crippen LogP contribution in [-0.2, 0) is 20.9 Å². The molecule has 1 saturated heterocycles. The van der Waals surface area contributed by atoms with Crippen LogP contribution >= 0.6 is 0 Å². The van der Waals surface area contributed by atoms with Gasteiger partial charge in [-0.3, -0.25) is 4.79 Å². The quantitative estimate of drug-likeness (QED) is 0.202. The zero-order chi connectivity index (χ0) is 30.0. The van der Waals surface area contributed by atoms with E-state index in [-0.39, 0.29) is 30.5 Å². The Labute approximate surface area is 250 Å². The number of hydrogen-bond acceptors (Lipinski definition) is 8. The smallest absolute Gasteiger partial charge is 0.248 e. The van der Waals surface area contributed by atoms with E-state index in [0.29, 0.717) is 54.5 Å². The summed E-state index contributed by atoms with van der Waals surface area (Å²) in [4.78, 5) is 23.9. The van der Waals surface area contributed by atoms with Crippen molar-refractivity contribution in [1.29, 1.82) is 0 Å². The van der Waals surface area contributed by atoms with Gasteiger partial charge in [-0.25, -0.2) is 14.4 Å². The van der Waals surface area contributed by atoms with Crippen LogP contribution in [0.4, 0.5) is 15.9 Å². The van der Waals surface area contributed by atoms with E-state index in [1.807, 2.05) is 67.5 Å². The van der Waals surface area contributed by atoms with Crippen LogP contribution in [0, 0.1) is 5.82 Å². The van der Waals surface area contributed by atoms with Crippen molar-refractivity contribution < 1.29 is 23.4 Å². The molecule has 2 heterocycles. The maximum absolute atomic E-state index is 13.7. The predicted molar refractivity (Wildman–Crippen MR) is 165 cm³/mol. The van der Waals surface area contributed by atoms with Gasteiger partial charge in [-0.05, 0) is 43.4 Å². The molecular formula is C33H36FN5O4. The topological polar surface area (TPSA) is 97.8 Å². The third-order valence-electron chi connectivity index (χ3n) is 6.87. The number of carbonyl (C=O) groups excluding carboxylic acids is 1. The number of likely N-dealkylation sites (N-methyl/N-ethyl adjacent to an activating group) is 1. The van der Waals surface area contributed by atoms with Crippen LogP contribution in [0.5, 0.6) is 5.75 Å². The number of carbonyl (C=O) groups is 1. The first-order chi connectivity index (χ1) is 20.9. The molecule has 3 aromatic carbocycles. The Bertz CT molecular complexity index is 1540. The van der Waals surface area contributed by atoms with Crippen LogP contribution < -0.4 is 15.4 Å². The summed E-state index contributed by atoms with van der Waals surface area (Å²) in [6, 6.07) is 19.6. The molecule has 0 radical (unpaired) electrons. The average molecular weight is 586 g/mol. The Kier molecular flexibility index (Phi) is 10.3. The summed E-state index contributed by atoms with van der Waals surface area (Å²) in [6.07, 6.45) is 5.44. The summed E-state index contributed by atoms with van der Waals surface area (Å²) in [7, 11) is 3.87. The molecule has 1 aliphatic heterocycles. The molecule has 0 saturated carbocycles. The van der Waals surface area contributed by atoms with Crippen molar-refractivity contribution in [3.8, 4) is 5.75 Å². The van der Waals surface area contributed by atoms with Gasteiger partial charge in [-0.1, -0.05) is 48.5 Å². The number of halogens is 1. The van der Waals surface area contributed by atoms with E-state index < -0.39 is 0 Å². The van der Waals surface area contributed by atoms with Crippen LogP contribution in [0.15, 0.2) is 85.2 Å². The molecule has 43 heavy (non-hydrogen) atoms. The van der Waals surface area contributed by atoms with Gasteiger partial charge in [0.25, 0.3) is 0 Å². The molecule has 9 nitrogen and oxygen atoms in total. The van der Waals surface area contributed by atoms with E-state index in [1.165, 1.54) is 24.5 Å². The highest BCUT2D eigenvalue weighted by atomic mass is 19.1. The first-order valence-corrected chi connectivity index (χ1v) is 14.2. The Morgan fingerprint density at radius 2 is 2.00 bits per heavy atom. The van der Waals surface area contributed by atoms with Crippen molar-refractivity contribution in [3.63, 3.8) is 0 Å². The van der Waals surface area contributed by atoms with Crippen LogP contribution in [0.2, 0.25) is 0 Å².